The van der Waals surface area contributed by atoms with Crippen molar-refractivity contribution in [3.63, 3.8) is 0 Å². The van der Waals surface area contributed by atoms with Crippen LogP contribution in [0.15, 0.2) is 30.5 Å². The van der Waals surface area contributed by atoms with Crippen LogP contribution in [0.2, 0.25) is 5.02 Å². The van der Waals surface area contributed by atoms with Crippen molar-refractivity contribution in [1.29, 1.82) is 0 Å². The molecule has 4 heteroatoms. The van der Waals surface area contributed by atoms with Gasteiger partial charge >= 0.3 is 0 Å². The van der Waals surface area contributed by atoms with Crippen LogP contribution in [-0.2, 0) is 11.3 Å². The van der Waals surface area contributed by atoms with E-state index in [-0.39, 0.29) is 5.91 Å². The first-order chi connectivity index (χ1) is 7.20. The zero-order chi connectivity index (χ0) is 10.8. The second-order valence-corrected chi connectivity index (χ2v) is 3.76. The van der Waals surface area contributed by atoms with E-state index in [4.69, 9.17) is 11.6 Å². The van der Waals surface area contributed by atoms with E-state index in [2.05, 4.69) is 5.32 Å². The van der Waals surface area contributed by atoms with E-state index < -0.39 is 0 Å². The smallest absolute Gasteiger partial charge is 0.239 e. The molecular weight excluding hydrogens is 212 g/mol. The summed E-state index contributed by atoms with van der Waals surface area (Å²) in [6.45, 7) is 0.320. The van der Waals surface area contributed by atoms with Gasteiger partial charge in [-0.3, -0.25) is 4.79 Å². The van der Waals surface area contributed by atoms with Crippen LogP contribution in [0.3, 0.4) is 0 Å². The Morgan fingerprint density at radius 1 is 1.47 bits per heavy atom. The molecule has 1 aromatic heterocycles. The SMILES string of the molecule is CNC(=O)Cn1ccc2ccc(Cl)cc21. The van der Waals surface area contributed by atoms with E-state index in [1.165, 1.54) is 0 Å². The molecular formula is C11H11ClN2O. The molecule has 0 bridgehead atoms. The Labute approximate surface area is 92.6 Å². The van der Waals surface area contributed by atoms with Gasteiger partial charge in [0.1, 0.15) is 6.54 Å². The number of rotatable bonds is 2. The van der Waals surface area contributed by atoms with Crippen LogP contribution in [-0.4, -0.2) is 17.5 Å². The summed E-state index contributed by atoms with van der Waals surface area (Å²) in [5, 5.41) is 4.36. The molecule has 1 amide bonds. The number of likely N-dealkylation sites (N-methyl/N-ethyl adjacent to an activating group) is 1. The minimum atomic E-state index is -0.0209. The summed E-state index contributed by atoms with van der Waals surface area (Å²) in [6, 6.07) is 7.61. The molecule has 0 unspecified atom stereocenters. The highest BCUT2D eigenvalue weighted by atomic mass is 35.5. The van der Waals surface area contributed by atoms with Crippen molar-refractivity contribution < 1.29 is 4.79 Å². The van der Waals surface area contributed by atoms with Gasteiger partial charge < -0.3 is 9.88 Å². The lowest BCUT2D eigenvalue weighted by Gasteiger charge is -2.04. The van der Waals surface area contributed by atoms with Gasteiger partial charge in [-0.25, -0.2) is 0 Å². The van der Waals surface area contributed by atoms with Crippen LogP contribution in [0.4, 0.5) is 0 Å². The largest absolute Gasteiger partial charge is 0.358 e. The molecule has 2 rings (SSSR count). The van der Waals surface area contributed by atoms with E-state index >= 15 is 0 Å². The van der Waals surface area contributed by atoms with Crippen LogP contribution >= 0.6 is 11.6 Å². The molecule has 0 saturated heterocycles. The topological polar surface area (TPSA) is 34.0 Å². The number of carbonyl (C=O) groups is 1. The molecule has 0 atom stereocenters. The first kappa shape index (κ1) is 10.1. The molecule has 0 saturated carbocycles. The summed E-state index contributed by atoms with van der Waals surface area (Å²) in [5.41, 5.74) is 0.978. The Kier molecular flexibility index (Phi) is 2.64. The summed E-state index contributed by atoms with van der Waals surface area (Å²) in [5.74, 6) is -0.0209. The van der Waals surface area contributed by atoms with Gasteiger partial charge in [-0.05, 0) is 23.6 Å². The van der Waals surface area contributed by atoms with Crippen molar-refractivity contribution in [2.24, 2.45) is 0 Å². The lowest BCUT2D eigenvalue weighted by Crippen LogP contribution is -2.22. The van der Waals surface area contributed by atoms with E-state index in [9.17, 15) is 4.79 Å². The number of aromatic nitrogens is 1. The summed E-state index contributed by atoms with van der Waals surface area (Å²) in [6.07, 6.45) is 1.89. The van der Waals surface area contributed by atoms with Crippen molar-refractivity contribution in [3.05, 3.63) is 35.5 Å². The van der Waals surface area contributed by atoms with E-state index in [0.717, 1.165) is 10.9 Å². The molecule has 3 nitrogen and oxygen atoms in total. The minimum Gasteiger partial charge on any atom is -0.358 e. The monoisotopic (exact) mass is 222 g/mol. The molecule has 78 valence electrons. The number of fused-ring (bicyclic) bond motifs is 1. The summed E-state index contributed by atoms with van der Waals surface area (Å²) < 4.78 is 1.88. The number of nitrogens with one attached hydrogen (secondary N) is 1. The van der Waals surface area contributed by atoms with Crippen molar-refractivity contribution in [1.82, 2.24) is 9.88 Å². The molecule has 0 fully saturated rings. The minimum absolute atomic E-state index is 0.0209. The number of hydrogen-bond donors (Lipinski definition) is 1. The zero-order valence-electron chi connectivity index (χ0n) is 8.33. The van der Waals surface area contributed by atoms with Gasteiger partial charge in [0.15, 0.2) is 0 Å². The Hall–Kier alpha value is -1.48. The standard InChI is InChI=1S/C11H11ClN2O/c1-13-11(15)7-14-5-4-8-2-3-9(12)6-10(8)14/h2-6H,7H2,1H3,(H,13,15). The zero-order valence-corrected chi connectivity index (χ0v) is 9.08. The van der Waals surface area contributed by atoms with Crippen LogP contribution in [0.5, 0.6) is 0 Å². The van der Waals surface area contributed by atoms with Crippen molar-refractivity contribution in [2.45, 2.75) is 6.54 Å². The fourth-order valence-corrected chi connectivity index (χ4v) is 1.70. The highest BCUT2D eigenvalue weighted by molar-refractivity contribution is 6.31. The van der Waals surface area contributed by atoms with Gasteiger partial charge in [-0.1, -0.05) is 17.7 Å². The molecule has 0 aliphatic carbocycles. The second kappa shape index (κ2) is 3.95. The number of carbonyl (C=O) groups excluding carboxylic acids is 1. The fraction of sp³-hybridized carbons (Fsp3) is 0.182. The number of halogens is 1. The van der Waals surface area contributed by atoms with Crippen LogP contribution in [0.25, 0.3) is 10.9 Å². The highest BCUT2D eigenvalue weighted by Crippen LogP contribution is 2.20. The molecule has 1 heterocycles. The molecule has 0 radical (unpaired) electrons. The predicted octanol–water partition coefficient (Wildman–Crippen LogP) is 2.04. The maximum absolute atomic E-state index is 11.2. The first-order valence-corrected chi connectivity index (χ1v) is 5.03. The quantitative estimate of drug-likeness (QED) is 0.829. The molecule has 2 aromatic rings. The molecule has 0 aliphatic heterocycles. The summed E-state index contributed by atoms with van der Waals surface area (Å²) in [4.78, 5) is 11.2. The normalized spacial score (nSPS) is 10.5. The lowest BCUT2D eigenvalue weighted by atomic mass is 10.2. The Bertz CT molecular complexity index is 504. The third kappa shape index (κ3) is 1.97. The van der Waals surface area contributed by atoms with Gasteiger partial charge in [0.2, 0.25) is 5.91 Å². The average Bonchev–Trinajstić information content (AvgIpc) is 2.61. The molecule has 15 heavy (non-hydrogen) atoms. The third-order valence-corrected chi connectivity index (χ3v) is 2.56. The maximum Gasteiger partial charge on any atom is 0.239 e. The number of hydrogen-bond acceptors (Lipinski definition) is 1. The van der Waals surface area contributed by atoms with Gasteiger partial charge in [0.25, 0.3) is 0 Å². The van der Waals surface area contributed by atoms with E-state index in [1.807, 2.05) is 35.0 Å². The van der Waals surface area contributed by atoms with Gasteiger partial charge in [-0.15, -0.1) is 0 Å². The Morgan fingerprint density at radius 3 is 3.00 bits per heavy atom. The summed E-state index contributed by atoms with van der Waals surface area (Å²) >= 11 is 5.90. The van der Waals surface area contributed by atoms with Crippen LogP contribution in [0, 0.1) is 0 Å². The lowest BCUT2D eigenvalue weighted by molar-refractivity contribution is -0.121. The predicted molar refractivity (Wildman–Crippen MR) is 61.0 cm³/mol. The Morgan fingerprint density at radius 2 is 2.27 bits per heavy atom. The van der Waals surface area contributed by atoms with Crippen molar-refractivity contribution >= 4 is 28.4 Å². The molecule has 1 N–H and O–H groups in total. The van der Waals surface area contributed by atoms with Gasteiger partial charge in [0, 0.05) is 23.8 Å². The second-order valence-electron chi connectivity index (χ2n) is 3.32. The third-order valence-electron chi connectivity index (χ3n) is 2.33. The average molecular weight is 223 g/mol. The summed E-state index contributed by atoms with van der Waals surface area (Å²) in [7, 11) is 1.63. The molecule has 0 aliphatic rings. The van der Waals surface area contributed by atoms with E-state index in [0.29, 0.717) is 11.6 Å². The number of nitrogens with zero attached hydrogens (tertiary/aromatic N) is 1. The first-order valence-electron chi connectivity index (χ1n) is 4.65. The highest BCUT2D eigenvalue weighted by Gasteiger charge is 2.04. The van der Waals surface area contributed by atoms with Crippen molar-refractivity contribution in [2.75, 3.05) is 7.05 Å². The molecule has 1 aromatic carbocycles. The van der Waals surface area contributed by atoms with Gasteiger partial charge in [-0.2, -0.15) is 0 Å². The number of benzene rings is 1. The Balaban J connectivity index is 2.43. The maximum atomic E-state index is 11.2. The number of amides is 1. The van der Waals surface area contributed by atoms with Crippen LogP contribution < -0.4 is 5.32 Å². The molecule has 0 spiro atoms. The van der Waals surface area contributed by atoms with Gasteiger partial charge in [0.05, 0.1) is 0 Å². The van der Waals surface area contributed by atoms with E-state index in [1.54, 1.807) is 7.05 Å². The fourth-order valence-electron chi connectivity index (χ4n) is 1.53. The van der Waals surface area contributed by atoms with Crippen molar-refractivity contribution in [3.8, 4) is 0 Å². The van der Waals surface area contributed by atoms with Crippen LogP contribution in [0.1, 0.15) is 0 Å².